The van der Waals surface area contributed by atoms with Gasteiger partial charge in [-0.1, -0.05) is 72.3 Å². The molecule has 1 unspecified atom stereocenters. The standard InChI is InChI=1S/C33H40ClN3O2S/c1-36(2)33(17-20-40-24-33)23-35-32(38)27-13-14-31(30(34)21-27)39-28-15-18-37(19-16-28)22-29(25-9-5-3-6-10-25)26-11-7-4-8-12-26/h3-14,21,28-29H,15-20,22-24H2,1-2H3,(H,35,38). The molecule has 0 aliphatic carbocycles. The number of carbonyl (C=O) groups excluding carboxylic acids is 1. The zero-order valence-corrected chi connectivity index (χ0v) is 25.1. The van der Waals surface area contributed by atoms with E-state index >= 15 is 0 Å². The second-order valence-electron chi connectivity index (χ2n) is 11.2. The van der Waals surface area contributed by atoms with Gasteiger partial charge in [0.05, 0.1) is 5.02 Å². The van der Waals surface area contributed by atoms with Crippen LogP contribution >= 0.6 is 23.4 Å². The lowest BCUT2D eigenvalue weighted by Crippen LogP contribution is -2.53. The molecule has 2 aliphatic heterocycles. The Balaban J connectivity index is 1.14. The summed E-state index contributed by atoms with van der Waals surface area (Å²) in [7, 11) is 4.19. The van der Waals surface area contributed by atoms with Crippen molar-refractivity contribution in [2.75, 3.05) is 51.8 Å². The number of amides is 1. The van der Waals surface area contributed by atoms with Gasteiger partial charge in [-0.05, 0) is 68.4 Å². The van der Waals surface area contributed by atoms with Crippen LogP contribution in [0, 0.1) is 0 Å². The fourth-order valence-corrected chi connectivity index (χ4v) is 7.53. The smallest absolute Gasteiger partial charge is 0.251 e. The average Bonchev–Trinajstić information content (AvgIpc) is 3.48. The highest BCUT2D eigenvalue weighted by Gasteiger charge is 2.37. The fourth-order valence-electron chi connectivity index (χ4n) is 5.75. The predicted molar refractivity (Wildman–Crippen MR) is 167 cm³/mol. The van der Waals surface area contributed by atoms with Crippen molar-refractivity contribution in [3.05, 3.63) is 101 Å². The maximum absolute atomic E-state index is 12.9. The molecule has 40 heavy (non-hydrogen) atoms. The van der Waals surface area contributed by atoms with Crippen LogP contribution in [0.5, 0.6) is 5.75 Å². The van der Waals surface area contributed by atoms with Gasteiger partial charge in [-0.2, -0.15) is 11.8 Å². The Kier molecular flexibility index (Phi) is 9.74. The quantitative estimate of drug-likeness (QED) is 0.312. The van der Waals surface area contributed by atoms with E-state index in [1.807, 2.05) is 23.9 Å². The highest BCUT2D eigenvalue weighted by Crippen LogP contribution is 2.32. The van der Waals surface area contributed by atoms with Gasteiger partial charge in [-0.25, -0.2) is 0 Å². The maximum Gasteiger partial charge on any atom is 0.251 e. The molecule has 1 atom stereocenters. The summed E-state index contributed by atoms with van der Waals surface area (Å²) >= 11 is 8.55. The Morgan fingerprint density at radius 3 is 2.25 bits per heavy atom. The number of piperidine rings is 1. The molecule has 3 aromatic rings. The van der Waals surface area contributed by atoms with Crippen molar-refractivity contribution in [2.24, 2.45) is 0 Å². The second kappa shape index (κ2) is 13.4. The highest BCUT2D eigenvalue weighted by atomic mass is 35.5. The minimum Gasteiger partial charge on any atom is -0.489 e. The number of benzene rings is 3. The zero-order valence-electron chi connectivity index (χ0n) is 23.5. The summed E-state index contributed by atoms with van der Waals surface area (Å²) < 4.78 is 6.33. The van der Waals surface area contributed by atoms with Crippen molar-refractivity contribution >= 4 is 29.3 Å². The van der Waals surface area contributed by atoms with Crippen molar-refractivity contribution in [1.29, 1.82) is 0 Å². The normalized spacial score (nSPS) is 20.2. The van der Waals surface area contributed by atoms with Gasteiger partial charge in [0.15, 0.2) is 0 Å². The molecule has 2 heterocycles. The third kappa shape index (κ3) is 7.03. The summed E-state index contributed by atoms with van der Waals surface area (Å²) in [6.07, 6.45) is 3.08. The van der Waals surface area contributed by atoms with E-state index in [0.29, 0.717) is 28.8 Å². The van der Waals surface area contributed by atoms with Gasteiger partial charge in [-0.15, -0.1) is 0 Å². The average molecular weight is 578 g/mol. The number of likely N-dealkylation sites (tertiary alicyclic amines) is 1. The molecular formula is C33H40ClN3O2S. The molecule has 0 saturated carbocycles. The van der Waals surface area contributed by atoms with Gasteiger partial charge in [-0.3, -0.25) is 4.79 Å². The molecule has 3 aromatic carbocycles. The number of likely N-dealkylation sites (N-methyl/N-ethyl adjacent to an activating group) is 1. The molecule has 0 aromatic heterocycles. The molecule has 0 radical (unpaired) electrons. The van der Waals surface area contributed by atoms with E-state index in [1.165, 1.54) is 11.1 Å². The van der Waals surface area contributed by atoms with Crippen LogP contribution in [-0.4, -0.2) is 79.1 Å². The lowest BCUT2D eigenvalue weighted by atomic mass is 9.90. The number of nitrogens with one attached hydrogen (secondary N) is 1. The van der Waals surface area contributed by atoms with E-state index in [2.05, 4.69) is 89.9 Å². The first kappa shape index (κ1) is 29.0. The van der Waals surface area contributed by atoms with E-state index in [0.717, 1.165) is 50.4 Å². The third-order valence-electron chi connectivity index (χ3n) is 8.48. The third-order valence-corrected chi connectivity index (χ3v) is 10.0. The molecule has 1 N–H and O–H groups in total. The monoisotopic (exact) mass is 577 g/mol. The van der Waals surface area contributed by atoms with Crippen LogP contribution in [0.4, 0.5) is 0 Å². The molecule has 0 spiro atoms. The lowest BCUT2D eigenvalue weighted by molar-refractivity contribution is 0.0913. The topological polar surface area (TPSA) is 44.8 Å². The van der Waals surface area contributed by atoms with Gasteiger partial charge in [0.1, 0.15) is 11.9 Å². The summed E-state index contributed by atoms with van der Waals surface area (Å²) in [5.41, 5.74) is 3.29. The summed E-state index contributed by atoms with van der Waals surface area (Å²) in [5, 5.41) is 3.62. The fraction of sp³-hybridized carbons (Fsp3) is 0.424. The summed E-state index contributed by atoms with van der Waals surface area (Å²) in [6.45, 7) is 3.57. The van der Waals surface area contributed by atoms with Gasteiger partial charge in [0, 0.05) is 49.0 Å². The molecule has 5 nitrogen and oxygen atoms in total. The van der Waals surface area contributed by atoms with Crippen LogP contribution in [-0.2, 0) is 0 Å². The number of thioether (sulfide) groups is 1. The van der Waals surface area contributed by atoms with Crippen LogP contribution in [0.3, 0.4) is 0 Å². The maximum atomic E-state index is 12.9. The highest BCUT2D eigenvalue weighted by molar-refractivity contribution is 7.99. The molecule has 2 saturated heterocycles. The molecule has 2 fully saturated rings. The van der Waals surface area contributed by atoms with Crippen LogP contribution in [0.15, 0.2) is 78.9 Å². The van der Waals surface area contributed by atoms with Crippen molar-refractivity contribution in [3.63, 3.8) is 0 Å². The van der Waals surface area contributed by atoms with E-state index in [4.69, 9.17) is 16.3 Å². The summed E-state index contributed by atoms with van der Waals surface area (Å²) in [6, 6.07) is 27.0. The Labute approximate surface area is 248 Å². The van der Waals surface area contributed by atoms with E-state index < -0.39 is 0 Å². The van der Waals surface area contributed by atoms with Gasteiger partial charge < -0.3 is 19.9 Å². The number of hydrogen-bond donors (Lipinski definition) is 1. The van der Waals surface area contributed by atoms with Crippen LogP contribution in [0.25, 0.3) is 0 Å². The molecule has 7 heteroatoms. The number of halogens is 1. The van der Waals surface area contributed by atoms with Gasteiger partial charge >= 0.3 is 0 Å². The number of nitrogens with zero attached hydrogens (tertiary/aromatic N) is 2. The molecule has 212 valence electrons. The Morgan fingerprint density at radius 2 is 1.70 bits per heavy atom. The molecule has 0 bridgehead atoms. The lowest BCUT2D eigenvalue weighted by Gasteiger charge is -2.35. The number of ether oxygens (including phenoxy) is 1. The Hall–Kier alpha value is -2.51. The predicted octanol–water partition coefficient (Wildman–Crippen LogP) is 6.18. The van der Waals surface area contributed by atoms with Crippen LogP contribution in [0.2, 0.25) is 5.02 Å². The van der Waals surface area contributed by atoms with E-state index in [9.17, 15) is 4.79 Å². The SMILES string of the molecule is CN(C)C1(CNC(=O)c2ccc(OC3CCN(CC(c4ccccc4)c4ccccc4)CC3)c(Cl)c2)CCSC1. The number of carbonyl (C=O) groups is 1. The Morgan fingerprint density at radius 1 is 1.05 bits per heavy atom. The minimum absolute atomic E-state index is 0.0181. The van der Waals surface area contributed by atoms with Crippen molar-refractivity contribution in [3.8, 4) is 5.75 Å². The number of hydrogen-bond acceptors (Lipinski definition) is 5. The second-order valence-corrected chi connectivity index (χ2v) is 12.8. The summed E-state index contributed by atoms with van der Waals surface area (Å²) in [4.78, 5) is 17.7. The first-order valence-corrected chi connectivity index (χ1v) is 15.8. The molecular weight excluding hydrogens is 538 g/mol. The molecule has 2 aliphatic rings. The van der Waals surface area contributed by atoms with E-state index in [-0.39, 0.29) is 17.6 Å². The molecule has 1 amide bonds. The van der Waals surface area contributed by atoms with E-state index in [1.54, 1.807) is 6.07 Å². The Bertz CT molecular complexity index is 1200. The van der Waals surface area contributed by atoms with Gasteiger partial charge in [0.2, 0.25) is 0 Å². The minimum atomic E-state index is -0.0914. The van der Waals surface area contributed by atoms with Gasteiger partial charge in [0.25, 0.3) is 5.91 Å². The van der Waals surface area contributed by atoms with Crippen molar-refractivity contribution < 1.29 is 9.53 Å². The summed E-state index contributed by atoms with van der Waals surface area (Å²) in [5.74, 6) is 3.07. The first-order chi connectivity index (χ1) is 19.4. The molecule has 5 rings (SSSR count). The van der Waals surface area contributed by atoms with Crippen molar-refractivity contribution in [2.45, 2.75) is 36.8 Å². The van der Waals surface area contributed by atoms with Crippen molar-refractivity contribution in [1.82, 2.24) is 15.1 Å². The van der Waals surface area contributed by atoms with Crippen LogP contribution < -0.4 is 10.1 Å². The largest absolute Gasteiger partial charge is 0.489 e. The first-order valence-electron chi connectivity index (χ1n) is 14.3. The number of rotatable bonds is 10. The van der Waals surface area contributed by atoms with Crippen LogP contribution in [0.1, 0.15) is 46.7 Å². The zero-order chi connectivity index (χ0) is 28.0.